The topological polar surface area (TPSA) is 80.6 Å². The van der Waals surface area contributed by atoms with Gasteiger partial charge in [-0.3, -0.25) is 14.5 Å². The SMILES string of the molecule is COC[C@@H](C)n1c(C)cc(C(=O)CN2C(=O)N[C@](Cc3ccccc3)(c3ccccc3)C2=O)c1C. The van der Waals surface area contributed by atoms with Gasteiger partial charge in [0.2, 0.25) is 0 Å². The Morgan fingerprint density at radius 1 is 1.03 bits per heavy atom. The van der Waals surface area contributed by atoms with E-state index in [9.17, 15) is 14.4 Å². The van der Waals surface area contributed by atoms with Gasteiger partial charge < -0.3 is 14.6 Å². The van der Waals surface area contributed by atoms with Crippen molar-refractivity contribution in [1.29, 1.82) is 0 Å². The van der Waals surface area contributed by atoms with E-state index >= 15 is 0 Å². The van der Waals surface area contributed by atoms with Gasteiger partial charge in [0.25, 0.3) is 5.91 Å². The standard InChI is InChI=1S/C28H31N3O4/c1-19-15-24(21(3)31(19)20(2)18-35-4)25(32)17-30-26(33)28(29-27(30)34,23-13-9-6-10-14-23)16-22-11-7-5-8-12-22/h5-15,20H,16-18H2,1-4H3,(H,29,34)/t20-,28-/m1/s1. The van der Waals surface area contributed by atoms with Crippen LogP contribution in [-0.4, -0.2) is 47.4 Å². The fraction of sp³-hybridized carbons (Fsp3) is 0.321. The second-order valence-corrected chi connectivity index (χ2v) is 9.14. The number of hydrogen-bond donors (Lipinski definition) is 1. The fourth-order valence-corrected chi connectivity index (χ4v) is 5.09. The first kappa shape index (κ1) is 24.4. The summed E-state index contributed by atoms with van der Waals surface area (Å²) in [4.78, 5) is 41.3. The molecule has 1 fully saturated rings. The van der Waals surface area contributed by atoms with Crippen LogP contribution in [0.25, 0.3) is 0 Å². The minimum absolute atomic E-state index is 0.0508. The predicted octanol–water partition coefficient (Wildman–Crippen LogP) is 4.19. The minimum Gasteiger partial charge on any atom is -0.383 e. The van der Waals surface area contributed by atoms with E-state index in [0.29, 0.717) is 17.7 Å². The molecule has 1 saturated heterocycles. The zero-order valence-electron chi connectivity index (χ0n) is 20.6. The smallest absolute Gasteiger partial charge is 0.325 e. The van der Waals surface area contributed by atoms with Crippen molar-refractivity contribution in [1.82, 2.24) is 14.8 Å². The number of carbonyl (C=O) groups is 3. The number of aryl methyl sites for hydroxylation is 1. The first-order valence-corrected chi connectivity index (χ1v) is 11.7. The molecule has 1 N–H and O–H groups in total. The van der Waals surface area contributed by atoms with Gasteiger partial charge in [-0.15, -0.1) is 0 Å². The predicted molar refractivity (Wildman–Crippen MR) is 133 cm³/mol. The maximum atomic E-state index is 13.8. The van der Waals surface area contributed by atoms with Crippen LogP contribution in [0.2, 0.25) is 0 Å². The maximum absolute atomic E-state index is 13.8. The molecule has 0 unspecified atom stereocenters. The summed E-state index contributed by atoms with van der Waals surface area (Å²) in [6, 6.07) is 20.1. The number of benzene rings is 2. The van der Waals surface area contributed by atoms with Crippen molar-refractivity contribution >= 4 is 17.7 Å². The van der Waals surface area contributed by atoms with Crippen molar-refractivity contribution in [3.63, 3.8) is 0 Å². The quantitative estimate of drug-likeness (QED) is 0.373. The van der Waals surface area contributed by atoms with Crippen LogP contribution in [0.3, 0.4) is 0 Å². The van der Waals surface area contributed by atoms with Crippen LogP contribution in [0.15, 0.2) is 66.7 Å². The number of hydrogen-bond acceptors (Lipinski definition) is 4. The number of rotatable bonds is 9. The van der Waals surface area contributed by atoms with Gasteiger partial charge in [-0.1, -0.05) is 60.7 Å². The molecular formula is C28H31N3O4. The molecular weight excluding hydrogens is 442 g/mol. The average molecular weight is 474 g/mol. The number of nitrogens with zero attached hydrogens (tertiary/aromatic N) is 2. The van der Waals surface area contributed by atoms with Gasteiger partial charge in [-0.25, -0.2) is 4.79 Å². The van der Waals surface area contributed by atoms with Crippen molar-refractivity contribution in [3.8, 4) is 0 Å². The first-order chi connectivity index (χ1) is 16.8. The fourth-order valence-electron chi connectivity index (χ4n) is 5.09. The molecule has 2 atom stereocenters. The highest BCUT2D eigenvalue weighted by Gasteiger charge is 2.52. The number of imide groups is 1. The summed E-state index contributed by atoms with van der Waals surface area (Å²) in [6.45, 7) is 6.02. The van der Waals surface area contributed by atoms with E-state index in [1.165, 1.54) is 0 Å². The van der Waals surface area contributed by atoms with Gasteiger partial charge >= 0.3 is 6.03 Å². The van der Waals surface area contributed by atoms with Crippen molar-refractivity contribution in [2.45, 2.75) is 38.8 Å². The molecule has 2 heterocycles. The zero-order chi connectivity index (χ0) is 25.2. The largest absolute Gasteiger partial charge is 0.383 e. The number of carbonyl (C=O) groups excluding carboxylic acids is 3. The summed E-state index contributed by atoms with van der Waals surface area (Å²) < 4.78 is 7.32. The van der Waals surface area contributed by atoms with Gasteiger partial charge in [-0.05, 0) is 38.0 Å². The van der Waals surface area contributed by atoms with Gasteiger partial charge in [0.15, 0.2) is 11.3 Å². The second-order valence-electron chi connectivity index (χ2n) is 9.14. The van der Waals surface area contributed by atoms with Gasteiger partial charge in [0, 0.05) is 30.5 Å². The Labute approximate surface area is 205 Å². The van der Waals surface area contributed by atoms with Gasteiger partial charge in [0.05, 0.1) is 19.2 Å². The Morgan fingerprint density at radius 3 is 2.29 bits per heavy atom. The number of Topliss-reactive ketones (excluding diaryl/α,β-unsaturated/α-hetero) is 1. The molecule has 3 aromatic rings. The summed E-state index contributed by atoms with van der Waals surface area (Å²) in [5.74, 6) is -0.700. The van der Waals surface area contributed by atoms with Crippen molar-refractivity contribution in [2.24, 2.45) is 0 Å². The average Bonchev–Trinajstić information content (AvgIpc) is 3.28. The molecule has 7 nitrogen and oxygen atoms in total. The number of aromatic nitrogens is 1. The lowest BCUT2D eigenvalue weighted by atomic mass is 9.83. The number of amides is 3. The van der Waals surface area contributed by atoms with Gasteiger partial charge in [-0.2, -0.15) is 0 Å². The molecule has 4 rings (SSSR count). The molecule has 0 saturated carbocycles. The second kappa shape index (κ2) is 9.88. The summed E-state index contributed by atoms with van der Waals surface area (Å²) in [6.07, 6.45) is 0.288. The first-order valence-electron chi connectivity index (χ1n) is 11.7. The monoisotopic (exact) mass is 473 g/mol. The lowest BCUT2D eigenvalue weighted by Crippen LogP contribution is -2.46. The Hall–Kier alpha value is -3.71. The van der Waals surface area contributed by atoms with E-state index in [4.69, 9.17) is 4.74 Å². The van der Waals surface area contributed by atoms with Crippen LogP contribution in [0.4, 0.5) is 4.79 Å². The third-order valence-corrected chi connectivity index (χ3v) is 6.69. The maximum Gasteiger partial charge on any atom is 0.325 e. The molecule has 3 amide bonds. The summed E-state index contributed by atoms with van der Waals surface area (Å²) in [5, 5.41) is 2.92. The third kappa shape index (κ3) is 4.51. The number of urea groups is 1. The van der Waals surface area contributed by atoms with Gasteiger partial charge in [0.1, 0.15) is 0 Å². The van der Waals surface area contributed by atoms with Crippen molar-refractivity contribution in [3.05, 3.63) is 94.8 Å². The highest BCUT2D eigenvalue weighted by Crippen LogP contribution is 2.33. The normalized spacial score (nSPS) is 18.6. The Morgan fingerprint density at radius 2 is 1.66 bits per heavy atom. The number of nitrogens with one attached hydrogen (secondary N) is 1. The minimum atomic E-state index is -1.27. The van der Waals surface area contributed by atoms with Crippen LogP contribution in [0.1, 0.15) is 45.8 Å². The van der Waals surface area contributed by atoms with E-state index in [-0.39, 0.29) is 24.8 Å². The summed E-state index contributed by atoms with van der Waals surface area (Å²) >= 11 is 0. The third-order valence-electron chi connectivity index (χ3n) is 6.69. The summed E-state index contributed by atoms with van der Waals surface area (Å²) in [5.41, 5.74) is 2.55. The molecule has 35 heavy (non-hydrogen) atoms. The Bertz CT molecular complexity index is 1240. The van der Waals surface area contributed by atoms with Crippen molar-refractivity contribution in [2.75, 3.05) is 20.3 Å². The molecule has 0 radical (unpaired) electrons. The lowest BCUT2D eigenvalue weighted by Gasteiger charge is -2.27. The molecule has 0 spiro atoms. The molecule has 0 bridgehead atoms. The molecule has 0 aliphatic carbocycles. The summed E-state index contributed by atoms with van der Waals surface area (Å²) in [7, 11) is 1.64. The number of ether oxygens (including phenoxy) is 1. The lowest BCUT2D eigenvalue weighted by molar-refractivity contribution is -0.131. The van der Waals surface area contributed by atoms with Crippen LogP contribution in [-0.2, 0) is 21.5 Å². The zero-order valence-corrected chi connectivity index (χ0v) is 20.6. The highest BCUT2D eigenvalue weighted by atomic mass is 16.5. The van der Waals surface area contributed by atoms with E-state index < -0.39 is 17.5 Å². The van der Waals surface area contributed by atoms with E-state index in [1.54, 1.807) is 7.11 Å². The van der Waals surface area contributed by atoms with Crippen LogP contribution >= 0.6 is 0 Å². The van der Waals surface area contributed by atoms with Crippen molar-refractivity contribution < 1.29 is 19.1 Å². The Kier molecular flexibility index (Phi) is 6.89. The van der Waals surface area contributed by atoms with E-state index in [0.717, 1.165) is 21.9 Å². The molecule has 182 valence electrons. The molecule has 1 aliphatic heterocycles. The molecule has 1 aromatic heterocycles. The molecule has 1 aliphatic rings. The van der Waals surface area contributed by atoms with E-state index in [1.807, 2.05) is 92.1 Å². The highest BCUT2D eigenvalue weighted by molar-refractivity contribution is 6.11. The van der Waals surface area contributed by atoms with E-state index in [2.05, 4.69) is 5.32 Å². The van der Waals surface area contributed by atoms with Crippen LogP contribution < -0.4 is 5.32 Å². The Balaban J connectivity index is 1.65. The van der Waals surface area contributed by atoms with Crippen LogP contribution in [0, 0.1) is 13.8 Å². The van der Waals surface area contributed by atoms with Crippen LogP contribution in [0.5, 0.6) is 0 Å². The number of ketones is 1. The molecule has 2 aromatic carbocycles. The molecule has 7 heteroatoms. The number of methoxy groups -OCH3 is 1.